The van der Waals surface area contributed by atoms with Crippen LogP contribution in [0.1, 0.15) is 23.9 Å². The molecule has 0 aliphatic carbocycles. The molecule has 0 atom stereocenters. The maximum Gasteiger partial charge on any atom is 0.226 e. The summed E-state index contributed by atoms with van der Waals surface area (Å²) in [7, 11) is 1.66. The van der Waals surface area contributed by atoms with Crippen molar-refractivity contribution < 1.29 is 9.26 Å². The third kappa shape index (κ3) is 2.16. The second kappa shape index (κ2) is 4.57. The smallest absolute Gasteiger partial charge is 0.226 e. The van der Waals surface area contributed by atoms with E-state index in [0.717, 1.165) is 28.9 Å². The molecule has 4 heteroatoms. The molecule has 0 radical (unpaired) electrons. The summed E-state index contributed by atoms with van der Waals surface area (Å²) in [5.74, 6) is 2.16. The first kappa shape index (κ1) is 11.6. The van der Waals surface area contributed by atoms with E-state index in [1.165, 1.54) is 0 Å². The molecule has 1 aromatic heterocycles. The van der Waals surface area contributed by atoms with Crippen molar-refractivity contribution in [1.82, 2.24) is 10.1 Å². The Morgan fingerprint density at radius 2 is 1.88 bits per heavy atom. The number of nitrogens with zero attached hydrogens (tertiary/aromatic N) is 2. The lowest BCUT2D eigenvalue weighted by molar-refractivity contribution is 0.382. The zero-order valence-corrected chi connectivity index (χ0v) is 10.6. The Morgan fingerprint density at radius 1 is 1.24 bits per heavy atom. The Kier molecular flexibility index (Phi) is 3.13. The molecule has 0 saturated carbocycles. The van der Waals surface area contributed by atoms with Gasteiger partial charge in [-0.15, -0.1) is 0 Å². The van der Waals surface area contributed by atoms with Gasteiger partial charge in [0, 0.05) is 12.0 Å². The van der Waals surface area contributed by atoms with Crippen LogP contribution in [-0.2, 0) is 6.42 Å². The van der Waals surface area contributed by atoms with Crippen molar-refractivity contribution in [2.45, 2.75) is 27.2 Å². The SMILES string of the molecule is CCc1nc(-c2c(C)cc(OC)cc2C)no1. The molecule has 1 aromatic carbocycles. The van der Waals surface area contributed by atoms with Crippen molar-refractivity contribution in [2.24, 2.45) is 0 Å². The van der Waals surface area contributed by atoms with Gasteiger partial charge in [-0.2, -0.15) is 4.98 Å². The van der Waals surface area contributed by atoms with E-state index in [1.54, 1.807) is 7.11 Å². The number of rotatable bonds is 3. The first-order chi connectivity index (χ1) is 8.15. The minimum absolute atomic E-state index is 0.652. The predicted molar refractivity (Wildman–Crippen MR) is 65.1 cm³/mol. The largest absolute Gasteiger partial charge is 0.497 e. The summed E-state index contributed by atoms with van der Waals surface area (Å²) in [4.78, 5) is 4.36. The standard InChI is InChI=1S/C13H16N2O2/c1-5-11-14-13(15-17-11)12-8(2)6-10(16-4)7-9(12)3/h6-7H,5H2,1-4H3. The zero-order valence-electron chi connectivity index (χ0n) is 10.6. The molecule has 0 aliphatic heterocycles. The lowest BCUT2D eigenvalue weighted by Gasteiger charge is -2.08. The topological polar surface area (TPSA) is 48.2 Å². The fourth-order valence-electron chi connectivity index (χ4n) is 1.89. The lowest BCUT2D eigenvalue weighted by Crippen LogP contribution is -1.93. The van der Waals surface area contributed by atoms with Gasteiger partial charge in [0.1, 0.15) is 5.75 Å². The van der Waals surface area contributed by atoms with Crippen molar-refractivity contribution in [3.8, 4) is 17.1 Å². The van der Waals surface area contributed by atoms with Gasteiger partial charge in [-0.25, -0.2) is 0 Å². The first-order valence-electron chi connectivity index (χ1n) is 5.64. The number of hydrogen-bond donors (Lipinski definition) is 0. The van der Waals surface area contributed by atoms with E-state index in [-0.39, 0.29) is 0 Å². The number of benzene rings is 1. The van der Waals surface area contributed by atoms with E-state index < -0.39 is 0 Å². The van der Waals surface area contributed by atoms with Crippen LogP contribution in [0.4, 0.5) is 0 Å². The van der Waals surface area contributed by atoms with Gasteiger partial charge in [-0.05, 0) is 37.1 Å². The van der Waals surface area contributed by atoms with Gasteiger partial charge in [0.05, 0.1) is 7.11 Å². The number of aryl methyl sites for hydroxylation is 3. The van der Waals surface area contributed by atoms with Crippen LogP contribution < -0.4 is 4.74 Å². The number of hydrogen-bond acceptors (Lipinski definition) is 4. The monoisotopic (exact) mass is 232 g/mol. The summed E-state index contributed by atoms with van der Waals surface area (Å²) in [5, 5.41) is 4.01. The van der Waals surface area contributed by atoms with E-state index >= 15 is 0 Å². The summed E-state index contributed by atoms with van der Waals surface area (Å²) in [6.07, 6.45) is 0.751. The highest BCUT2D eigenvalue weighted by Crippen LogP contribution is 2.28. The van der Waals surface area contributed by atoms with Crippen LogP contribution in [0.2, 0.25) is 0 Å². The van der Waals surface area contributed by atoms with Crippen LogP contribution >= 0.6 is 0 Å². The van der Waals surface area contributed by atoms with E-state index in [0.29, 0.717) is 11.7 Å². The Balaban J connectivity index is 2.51. The van der Waals surface area contributed by atoms with Crippen molar-refractivity contribution in [1.29, 1.82) is 0 Å². The molecule has 0 bridgehead atoms. The second-order valence-electron chi connectivity index (χ2n) is 4.00. The van der Waals surface area contributed by atoms with Crippen molar-refractivity contribution in [2.75, 3.05) is 7.11 Å². The molecule has 1 heterocycles. The van der Waals surface area contributed by atoms with E-state index in [9.17, 15) is 0 Å². The van der Waals surface area contributed by atoms with Gasteiger partial charge in [-0.1, -0.05) is 12.1 Å². The minimum Gasteiger partial charge on any atom is -0.497 e. The average molecular weight is 232 g/mol. The molecule has 0 amide bonds. The predicted octanol–water partition coefficient (Wildman–Crippen LogP) is 2.92. The van der Waals surface area contributed by atoms with E-state index in [1.807, 2.05) is 32.9 Å². The second-order valence-corrected chi connectivity index (χ2v) is 4.00. The summed E-state index contributed by atoms with van der Waals surface area (Å²) < 4.78 is 10.4. The molecule has 2 rings (SSSR count). The quantitative estimate of drug-likeness (QED) is 0.816. The maximum atomic E-state index is 5.23. The molecular formula is C13H16N2O2. The number of methoxy groups -OCH3 is 1. The molecule has 0 aliphatic rings. The highest BCUT2D eigenvalue weighted by Gasteiger charge is 2.13. The normalized spacial score (nSPS) is 10.6. The zero-order chi connectivity index (χ0) is 12.4. The van der Waals surface area contributed by atoms with Crippen LogP contribution in [0.3, 0.4) is 0 Å². The summed E-state index contributed by atoms with van der Waals surface area (Å²) in [5.41, 5.74) is 3.20. The van der Waals surface area contributed by atoms with Crippen LogP contribution in [-0.4, -0.2) is 17.3 Å². The van der Waals surface area contributed by atoms with Gasteiger partial charge in [-0.3, -0.25) is 0 Å². The van der Waals surface area contributed by atoms with E-state index in [2.05, 4.69) is 10.1 Å². The van der Waals surface area contributed by atoms with Gasteiger partial charge >= 0.3 is 0 Å². The van der Waals surface area contributed by atoms with Crippen LogP contribution in [0.5, 0.6) is 5.75 Å². The van der Waals surface area contributed by atoms with Crippen molar-refractivity contribution >= 4 is 0 Å². The van der Waals surface area contributed by atoms with Gasteiger partial charge < -0.3 is 9.26 Å². The van der Waals surface area contributed by atoms with Crippen LogP contribution in [0.25, 0.3) is 11.4 Å². The molecule has 4 nitrogen and oxygen atoms in total. The molecular weight excluding hydrogens is 216 g/mol. The van der Waals surface area contributed by atoms with Crippen molar-refractivity contribution in [3.63, 3.8) is 0 Å². The Bertz CT molecular complexity index is 509. The maximum absolute atomic E-state index is 5.23. The highest BCUT2D eigenvalue weighted by molar-refractivity contribution is 5.65. The van der Waals surface area contributed by atoms with Gasteiger partial charge in [0.25, 0.3) is 0 Å². The third-order valence-corrected chi connectivity index (χ3v) is 2.74. The number of aromatic nitrogens is 2. The fraction of sp³-hybridized carbons (Fsp3) is 0.385. The van der Waals surface area contributed by atoms with Crippen molar-refractivity contribution in [3.05, 3.63) is 29.2 Å². The Labute approximate surface area is 101 Å². The Morgan fingerprint density at radius 3 is 2.35 bits per heavy atom. The molecule has 0 unspecified atom stereocenters. The molecule has 2 aromatic rings. The minimum atomic E-state index is 0.652. The summed E-state index contributed by atoms with van der Waals surface area (Å²) in [6.45, 7) is 6.03. The highest BCUT2D eigenvalue weighted by atomic mass is 16.5. The van der Waals surface area contributed by atoms with E-state index in [4.69, 9.17) is 9.26 Å². The summed E-state index contributed by atoms with van der Waals surface area (Å²) >= 11 is 0. The molecule has 0 N–H and O–H groups in total. The first-order valence-corrected chi connectivity index (χ1v) is 5.64. The fourth-order valence-corrected chi connectivity index (χ4v) is 1.89. The van der Waals surface area contributed by atoms with Crippen LogP contribution in [0.15, 0.2) is 16.7 Å². The van der Waals surface area contributed by atoms with Crippen LogP contribution in [0, 0.1) is 13.8 Å². The number of ether oxygens (including phenoxy) is 1. The Hall–Kier alpha value is -1.84. The molecule has 0 spiro atoms. The summed E-state index contributed by atoms with van der Waals surface area (Å²) in [6, 6.07) is 3.95. The average Bonchev–Trinajstić information content (AvgIpc) is 2.76. The molecule has 90 valence electrons. The van der Waals surface area contributed by atoms with Gasteiger partial charge in [0.2, 0.25) is 11.7 Å². The third-order valence-electron chi connectivity index (χ3n) is 2.74. The van der Waals surface area contributed by atoms with Gasteiger partial charge in [0.15, 0.2) is 0 Å². The molecule has 0 saturated heterocycles. The lowest BCUT2D eigenvalue weighted by atomic mass is 10.0. The molecule has 0 fully saturated rings. The molecule has 17 heavy (non-hydrogen) atoms.